The van der Waals surface area contributed by atoms with Gasteiger partial charge in [-0.3, -0.25) is 4.90 Å². The third kappa shape index (κ3) is 4.46. The molecular weight excluding hydrogens is 480 g/mol. The van der Waals surface area contributed by atoms with Gasteiger partial charge < -0.3 is 4.42 Å². The number of rotatable bonds is 4. The van der Waals surface area contributed by atoms with Gasteiger partial charge >= 0.3 is 0 Å². The first-order valence-corrected chi connectivity index (χ1v) is 14.1. The molecule has 0 saturated carbocycles. The first-order valence-electron chi connectivity index (χ1n) is 11.7. The van der Waals surface area contributed by atoms with E-state index < -0.39 is 10.0 Å². The van der Waals surface area contributed by atoms with Gasteiger partial charge in [0.1, 0.15) is 11.6 Å². The first kappa shape index (κ1) is 23.9. The number of anilines is 1. The Morgan fingerprint density at radius 3 is 2.43 bits per heavy atom. The maximum atomic E-state index is 13.2. The molecule has 4 heterocycles. The molecular formula is C26H29N4O3S2+. The SMILES string of the molecule is Cc1ccc(S(=O)(=O)N2CCN(c3[nH+]c(-c4ccco4)c4c(c3C#N)CC(C)(C)SC4)CC2)cc1. The van der Waals surface area contributed by atoms with Crippen molar-refractivity contribution in [2.45, 2.75) is 42.6 Å². The fourth-order valence-corrected chi connectivity index (χ4v) is 7.32. The molecule has 0 radical (unpaired) electrons. The molecule has 0 amide bonds. The number of aryl methyl sites for hydroxylation is 1. The lowest BCUT2D eigenvalue weighted by atomic mass is 9.91. The number of thioether (sulfide) groups is 1. The molecule has 0 unspecified atom stereocenters. The van der Waals surface area contributed by atoms with Crippen molar-refractivity contribution in [1.29, 1.82) is 5.26 Å². The summed E-state index contributed by atoms with van der Waals surface area (Å²) in [7, 11) is -3.56. The molecule has 0 atom stereocenters. The van der Waals surface area contributed by atoms with E-state index in [1.54, 1.807) is 18.4 Å². The second-order valence-electron chi connectivity index (χ2n) is 9.70. The molecule has 2 aromatic heterocycles. The van der Waals surface area contributed by atoms with Crippen molar-refractivity contribution in [2.75, 3.05) is 31.1 Å². The summed E-state index contributed by atoms with van der Waals surface area (Å²) in [4.78, 5) is 5.92. The van der Waals surface area contributed by atoms with Crippen LogP contribution in [0.3, 0.4) is 0 Å². The van der Waals surface area contributed by atoms with E-state index in [1.165, 1.54) is 4.31 Å². The first-order chi connectivity index (χ1) is 16.7. The fourth-order valence-electron chi connectivity index (χ4n) is 4.80. The Kier molecular flexibility index (Phi) is 6.16. The Balaban J connectivity index is 1.48. The van der Waals surface area contributed by atoms with Crippen LogP contribution in [0.15, 0.2) is 52.0 Å². The number of hydrogen-bond acceptors (Lipinski definition) is 6. The average molecular weight is 510 g/mol. The third-order valence-electron chi connectivity index (χ3n) is 6.75. The zero-order valence-electron chi connectivity index (χ0n) is 20.2. The summed E-state index contributed by atoms with van der Waals surface area (Å²) >= 11 is 1.88. The van der Waals surface area contributed by atoms with E-state index in [9.17, 15) is 13.7 Å². The van der Waals surface area contributed by atoms with Crippen molar-refractivity contribution < 1.29 is 17.8 Å². The topological polar surface area (TPSA) is 91.7 Å². The molecule has 182 valence electrons. The molecule has 0 bridgehead atoms. The number of benzene rings is 1. The fraction of sp³-hybridized carbons (Fsp3) is 0.385. The predicted octanol–water partition coefficient (Wildman–Crippen LogP) is 4.02. The molecule has 1 N–H and O–H groups in total. The van der Waals surface area contributed by atoms with Gasteiger partial charge in [0.05, 0.1) is 37.3 Å². The van der Waals surface area contributed by atoms with Crippen molar-refractivity contribution in [1.82, 2.24) is 4.31 Å². The molecule has 5 rings (SSSR count). The number of nitriles is 1. The molecule has 1 fully saturated rings. The van der Waals surface area contributed by atoms with Gasteiger partial charge in [-0.15, -0.1) is 0 Å². The maximum absolute atomic E-state index is 13.2. The number of aromatic nitrogens is 1. The van der Waals surface area contributed by atoms with Crippen LogP contribution >= 0.6 is 11.8 Å². The Morgan fingerprint density at radius 1 is 1.09 bits per heavy atom. The van der Waals surface area contributed by atoms with E-state index >= 15 is 0 Å². The number of nitrogens with one attached hydrogen (secondary N) is 1. The minimum absolute atomic E-state index is 0.0263. The van der Waals surface area contributed by atoms with Crippen LogP contribution in [0, 0.1) is 18.3 Å². The van der Waals surface area contributed by atoms with Crippen LogP contribution in [0.2, 0.25) is 0 Å². The van der Waals surface area contributed by atoms with Gasteiger partial charge in [-0.1, -0.05) is 31.5 Å². The lowest BCUT2D eigenvalue weighted by Crippen LogP contribution is -2.50. The maximum Gasteiger partial charge on any atom is 0.293 e. The van der Waals surface area contributed by atoms with Gasteiger partial charge in [0.25, 0.3) is 5.82 Å². The predicted molar refractivity (Wildman–Crippen MR) is 137 cm³/mol. The highest BCUT2D eigenvalue weighted by atomic mass is 32.2. The summed E-state index contributed by atoms with van der Waals surface area (Å²) in [6.45, 7) is 8.04. The Labute approximate surface area is 210 Å². The van der Waals surface area contributed by atoms with Gasteiger partial charge in [-0.25, -0.2) is 13.4 Å². The smallest absolute Gasteiger partial charge is 0.293 e. The van der Waals surface area contributed by atoms with Crippen LogP contribution in [0.1, 0.15) is 36.1 Å². The van der Waals surface area contributed by atoms with Crippen LogP contribution in [0.5, 0.6) is 0 Å². The highest BCUT2D eigenvalue weighted by Gasteiger charge is 2.38. The molecule has 7 nitrogen and oxygen atoms in total. The lowest BCUT2D eigenvalue weighted by molar-refractivity contribution is -0.352. The average Bonchev–Trinajstić information content (AvgIpc) is 3.37. The normalized spacial score (nSPS) is 18.2. The van der Waals surface area contributed by atoms with Gasteiger partial charge in [-0.05, 0) is 43.2 Å². The van der Waals surface area contributed by atoms with Crippen molar-refractivity contribution in [3.05, 3.63) is 64.9 Å². The molecule has 0 spiro atoms. The minimum Gasteiger partial charge on any atom is -0.461 e. The van der Waals surface area contributed by atoms with Gasteiger partial charge in [0.2, 0.25) is 10.0 Å². The molecule has 3 aromatic rings. The van der Waals surface area contributed by atoms with Crippen molar-refractivity contribution >= 4 is 27.6 Å². The van der Waals surface area contributed by atoms with Crippen molar-refractivity contribution in [2.24, 2.45) is 0 Å². The number of furan rings is 1. The molecule has 0 aliphatic carbocycles. The second kappa shape index (κ2) is 9.01. The van der Waals surface area contributed by atoms with Gasteiger partial charge in [0.15, 0.2) is 11.5 Å². The Hall–Kier alpha value is -2.80. The van der Waals surface area contributed by atoms with Crippen molar-refractivity contribution in [3.8, 4) is 17.5 Å². The summed E-state index contributed by atoms with van der Waals surface area (Å²) in [5.74, 6) is 2.28. The highest BCUT2D eigenvalue weighted by Crippen LogP contribution is 2.43. The monoisotopic (exact) mass is 509 g/mol. The number of hydrogen-bond donors (Lipinski definition) is 0. The van der Waals surface area contributed by atoms with Crippen LogP contribution < -0.4 is 9.88 Å². The third-order valence-corrected chi connectivity index (χ3v) is 10.0. The number of piperazine rings is 1. The molecule has 1 aromatic carbocycles. The summed E-state index contributed by atoms with van der Waals surface area (Å²) in [5.41, 5.74) is 4.75. The lowest BCUT2D eigenvalue weighted by Gasteiger charge is -2.34. The molecule has 9 heteroatoms. The van der Waals surface area contributed by atoms with Crippen LogP contribution in [-0.2, 0) is 22.2 Å². The highest BCUT2D eigenvalue weighted by molar-refractivity contribution is 7.99. The number of nitrogens with zero attached hydrogens (tertiary/aromatic N) is 3. The van der Waals surface area contributed by atoms with E-state index in [1.807, 2.05) is 43.0 Å². The zero-order valence-corrected chi connectivity index (χ0v) is 21.8. The van der Waals surface area contributed by atoms with E-state index in [4.69, 9.17) is 4.42 Å². The van der Waals surface area contributed by atoms with Gasteiger partial charge in [-0.2, -0.15) is 21.3 Å². The standard InChI is InChI=1S/C26H28N4O3S2/c1-18-6-8-19(9-7-18)35(31,32)30-12-10-29(11-13-30)25-21(16-27)20-15-26(2,3)34-17-22(20)24(28-25)23-5-4-14-33-23/h4-9,14H,10-13,15,17H2,1-3H3/p+1. The molecule has 2 aliphatic heterocycles. The Bertz CT molecular complexity index is 1380. The second-order valence-corrected chi connectivity index (χ2v) is 13.3. The number of pyridine rings is 1. The molecule has 35 heavy (non-hydrogen) atoms. The molecule has 2 aliphatic rings. The zero-order chi connectivity index (χ0) is 24.8. The van der Waals surface area contributed by atoms with Crippen LogP contribution in [-0.4, -0.2) is 43.6 Å². The van der Waals surface area contributed by atoms with E-state index in [-0.39, 0.29) is 4.75 Å². The van der Waals surface area contributed by atoms with Crippen LogP contribution in [0.25, 0.3) is 11.5 Å². The summed E-state index contributed by atoms with van der Waals surface area (Å²) in [6, 6.07) is 13.2. The van der Waals surface area contributed by atoms with E-state index in [2.05, 4.69) is 29.8 Å². The summed E-state index contributed by atoms with van der Waals surface area (Å²) in [6.07, 6.45) is 2.44. The number of H-pyrrole nitrogens is 1. The van der Waals surface area contributed by atoms with Crippen molar-refractivity contribution in [3.63, 3.8) is 0 Å². The summed E-state index contributed by atoms with van der Waals surface area (Å²) in [5, 5.41) is 10.2. The van der Waals surface area contributed by atoms with E-state index in [0.717, 1.165) is 46.1 Å². The largest absolute Gasteiger partial charge is 0.461 e. The number of fused-ring (bicyclic) bond motifs is 1. The Morgan fingerprint density at radius 2 is 1.80 bits per heavy atom. The summed E-state index contributed by atoms with van der Waals surface area (Å²) < 4.78 is 33.6. The molecule has 1 saturated heterocycles. The minimum atomic E-state index is -3.56. The van der Waals surface area contributed by atoms with E-state index in [0.29, 0.717) is 36.6 Å². The number of sulfonamides is 1. The number of aromatic amines is 1. The quantitative estimate of drug-likeness (QED) is 0.528. The van der Waals surface area contributed by atoms with Crippen LogP contribution in [0.4, 0.5) is 5.82 Å². The van der Waals surface area contributed by atoms with Gasteiger partial charge in [0, 0.05) is 16.1 Å².